The van der Waals surface area contributed by atoms with Gasteiger partial charge in [0.1, 0.15) is 5.54 Å². The van der Waals surface area contributed by atoms with Crippen LogP contribution in [0.5, 0.6) is 0 Å². The van der Waals surface area contributed by atoms with Crippen LogP contribution in [0.1, 0.15) is 22.4 Å². The minimum absolute atomic E-state index is 0.454. The maximum Gasteiger partial charge on any atom is 0.303 e. The first-order valence-electron chi connectivity index (χ1n) is 9.04. The molecule has 3 aromatic carbocycles. The van der Waals surface area contributed by atoms with Crippen LogP contribution in [-0.4, -0.2) is 24.7 Å². The first kappa shape index (κ1) is 18.1. The van der Waals surface area contributed by atoms with Crippen molar-refractivity contribution in [2.24, 2.45) is 0 Å². The number of nitrogens with zero attached hydrogens (tertiary/aromatic N) is 2. The third kappa shape index (κ3) is 3.37. The van der Waals surface area contributed by atoms with E-state index in [9.17, 15) is 0 Å². The molecule has 0 fully saturated rings. The van der Waals surface area contributed by atoms with Crippen LogP contribution in [0.4, 0.5) is 0 Å². The fourth-order valence-electron chi connectivity index (χ4n) is 3.75. The van der Waals surface area contributed by atoms with E-state index in [-0.39, 0.29) is 0 Å². The highest BCUT2D eigenvalue weighted by Gasteiger charge is 2.38. The van der Waals surface area contributed by atoms with E-state index >= 15 is 0 Å². The molecule has 2 nitrogen and oxygen atoms in total. The van der Waals surface area contributed by atoms with Gasteiger partial charge in [-0.1, -0.05) is 91.0 Å². The average molecular weight is 384 g/mol. The molecule has 0 bridgehead atoms. The zero-order chi connectivity index (χ0) is 18.5. The van der Waals surface area contributed by atoms with E-state index in [0.29, 0.717) is 0 Å². The van der Waals surface area contributed by atoms with Crippen molar-refractivity contribution in [1.29, 1.82) is 0 Å². The number of aromatic nitrogens is 2. The Morgan fingerprint density at radius 2 is 1.19 bits per heavy atom. The Balaban J connectivity index is 2.06. The molecule has 4 heteroatoms. The molecule has 0 amide bonds. The maximum absolute atomic E-state index is 4.71. The Labute approximate surface area is 171 Å². The van der Waals surface area contributed by atoms with Crippen molar-refractivity contribution in [2.45, 2.75) is 11.3 Å². The van der Waals surface area contributed by atoms with Crippen LogP contribution < -0.4 is 0 Å². The summed E-state index contributed by atoms with van der Waals surface area (Å²) in [4.78, 5) is 4.71. The summed E-state index contributed by atoms with van der Waals surface area (Å²) < 4.78 is 2.28. The van der Waals surface area contributed by atoms with E-state index < -0.39 is 5.54 Å². The van der Waals surface area contributed by atoms with Gasteiger partial charge in [-0.15, -0.1) is 0 Å². The van der Waals surface area contributed by atoms with E-state index in [1.807, 2.05) is 16.5 Å². The molecular weight excluding hydrogens is 363 g/mol. The van der Waals surface area contributed by atoms with Gasteiger partial charge in [-0.2, -0.15) is 0 Å². The molecule has 1 aromatic heterocycles. The molecule has 4 aromatic rings. The highest BCUT2D eigenvalue weighted by molar-refractivity contribution is 8.19. The molecule has 0 aliphatic rings. The second-order valence-electron chi connectivity index (χ2n) is 6.51. The van der Waals surface area contributed by atoms with Crippen LogP contribution in [0.25, 0.3) is 0 Å². The van der Waals surface area contributed by atoms with Crippen molar-refractivity contribution >= 4 is 25.3 Å². The Morgan fingerprint density at radius 3 is 1.59 bits per heavy atom. The van der Waals surface area contributed by atoms with E-state index in [1.165, 1.54) is 16.7 Å². The van der Waals surface area contributed by atoms with Crippen molar-refractivity contribution in [2.75, 3.05) is 0 Å². The minimum Gasteiger partial charge on any atom is -0.319 e. The molecule has 0 spiro atoms. The smallest absolute Gasteiger partial charge is 0.303 e. The predicted octanol–water partition coefficient (Wildman–Crippen LogP) is 4.50. The molecule has 0 saturated heterocycles. The van der Waals surface area contributed by atoms with Crippen molar-refractivity contribution in [1.82, 2.24) is 9.55 Å². The van der Waals surface area contributed by atoms with Gasteiger partial charge in [0.2, 0.25) is 0 Å². The summed E-state index contributed by atoms with van der Waals surface area (Å²) in [6.45, 7) is 0. The lowest BCUT2D eigenvalue weighted by Crippen LogP contribution is -2.36. The first-order valence-corrected chi connectivity index (χ1v) is 12.9. The third-order valence-electron chi connectivity index (χ3n) is 4.89. The third-order valence-corrected chi connectivity index (χ3v) is 6.34. The van der Waals surface area contributed by atoms with Gasteiger partial charge in [0, 0.05) is 11.9 Å². The van der Waals surface area contributed by atoms with Gasteiger partial charge in [0.25, 0.3) is 0 Å². The zero-order valence-corrected chi connectivity index (χ0v) is 18.1. The standard InChI is InChI=1S/C23H20N2S.Al.2H/c26-17-22-16-25(18-24-22)23(19-10-4-1-5-11-19,20-12-6-2-7-13-20)21-14-8-3-9-15-21;;;/h1-16,18,26H,17H2;;;/q;+1;;/p-1. The lowest BCUT2D eigenvalue weighted by atomic mass is 9.77. The molecule has 132 valence electrons. The van der Waals surface area contributed by atoms with Crippen molar-refractivity contribution in [3.63, 3.8) is 0 Å². The zero-order valence-electron chi connectivity index (χ0n) is 15.3. The number of benzene rings is 3. The van der Waals surface area contributed by atoms with Gasteiger partial charge < -0.3 is 4.57 Å². The second-order valence-corrected chi connectivity index (χ2v) is 9.11. The van der Waals surface area contributed by atoms with Gasteiger partial charge in [-0.25, -0.2) is 4.98 Å². The molecule has 0 aliphatic carbocycles. The normalized spacial score (nSPS) is 11.4. The summed E-state index contributed by atoms with van der Waals surface area (Å²) in [5.41, 5.74) is 4.35. The fraction of sp³-hybridized carbons (Fsp3) is 0.0870. The largest absolute Gasteiger partial charge is 0.319 e. The molecule has 0 radical (unpaired) electrons. The highest BCUT2D eigenvalue weighted by Crippen LogP contribution is 2.40. The van der Waals surface area contributed by atoms with Crippen LogP contribution in [0, 0.1) is 0 Å². The van der Waals surface area contributed by atoms with Crippen LogP contribution >= 0.6 is 10.1 Å². The molecule has 27 heavy (non-hydrogen) atoms. The topological polar surface area (TPSA) is 17.8 Å². The monoisotopic (exact) mass is 384 g/mol. The van der Waals surface area contributed by atoms with Crippen LogP contribution in [0.2, 0.25) is 0 Å². The van der Waals surface area contributed by atoms with Crippen LogP contribution in [0.15, 0.2) is 104 Å². The summed E-state index contributed by atoms with van der Waals surface area (Å²) in [7, 11) is 1.93. The Kier molecular flexibility index (Phi) is 5.50. The lowest BCUT2D eigenvalue weighted by Gasteiger charge is -2.37. The first-order chi connectivity index (χ1) is 13.4. The highest BCUT2D eigenvalue weighted by atomic mass is 32.3. The Morgan fingerprint density at radius 1 is 0.741 bits per heavy atom. The summed E-state index contributed by atoms with van der Waals surface area (Å²) in [5.74, 6) is 0.966. The van der Waals surface area contributed by atoms with Gasteiger partial charge in [0.05, 0.1) is 12.0 Å². The van der Waals surface area contributed by atoms with Gasteiger partial charge in [-0.3, -0.25) is 10.1 Å². The Bertz CT molecular complexity index is 888. The molecule has 0 aliphatic heterocycles. The number of hydrogen-bond acceptors (Lipinski definition) is 2. The van der Waals surface area contributed by atoms with Crippen molar-refractivity contribution < 1.29 is 0 Å². The van der Waals surface area contributed by atoms with Gasteiger partial charge >= 0.3 is 15.2 Å². The average Bonchev–Trinajstić information content (AvgIpc) is 3.20. The molecule has 0 saturated carbocycles. The maximum atomic E-state index is 4.71. The molecule has 0 unspecified atom stereocenters. The molecular formula is C23H21AlN2S. The summed E-state index contributed by atoms with van der Waals surface area (Å²) >= 11 is 1.12. The molecule has 0 atom stereocenters. The van der Waals surface area contributed by atoms with Crippen molar-refractivity contribution in [3.05, 3.63) is 126 Å². The number of imidazole rings is 1. The summed E-state index contributed by atoms with van der Waals surface area (Å²) in [5, 5.41) is 0. The number of rotatable bonds is 6. The quantitative estimate of drug-likeness (QED) is 0.360. The van der Waals surface area contributed by atoms with Crippen molar-refractivity contribution in [3.8, 4) is 0 Å². The molecule has 1 heterocycles. The fourth-order valence-corrected chi connectivity index (χ4v) is 5.09. The molecule has 4 rings (SSSR count). The van der Waals surface area contributed by atoms with E-state index in [2.05, 4.69) is 102 Å². The second kappa shape index (κ2) is 8.19. The van der Waals surface area contributed by atoms with E-state index in [1.54, 1.807) is 0 Å². The van der Waals surface area contributed by atoms with Crippen LogP contribution in [0.3, 0.4) is 0 Å². The van der Waals surface area contributed by atoms with E-state index in [0.717, 1.165) is 26.6 Å². The minimum atomic E-state index is -0.454. The molecule has 0 N–H and O–H groups in total. The Hall–Kier alpha value is -2.25. The van der Waals surface area contributed by atoms with E-state index in [4.69, 9.17) is 4.98 Å². The van der Waals surface area contributed by atoms with Gasteiger partial charge in [-0.05, 0) is 16.7 Å². The number of hydrogen-bond donors (Lipinski definition) is 0. The van der Waals surface area contributed by atoms with Gasteiger partial charge in [0.15, 0.2) is 0 Å². The predicted molar refractivity (Wildman–Crippen MR) is 117 cm³/mol. The SMILES string of the molecule is [AlH2][S]Cc1cn(C(c2ccccc2)(c2ccccc2)c2ccccc2)cn1. The summed E-state index contributed by atoms with van der Waals surface area (Å²) in [6, 6.07) is 32.1. The lowest BCUT2D eigenvalue weighted by molar-refractivity contribution is 0.514. The summed E-state index contributed by atoms with van der Waals surface area (Å²) in [6.07, 6.45) is 4.19. The van der Waals surface area contributed by atoms with Crippen LogP contribution in [-0.2, 0) is 11.3 Å².